The van der Waals surface area contributed by atoms with E-state index in [9.17, 15) is 4.79 Å². The second kappa shape index (κ2) is 12.0. The van der Waals surface area contributed by atoms with Crippen LogP contribution < -0.4 is 10.6 Å². The highest BCUT2D eigenvalue weighted by molar-refractivity contribution is 6.29. The van der Waals surface area contributed by atoms with E-state index in [-0.39, 0.29) is 5.91 Å². The molecule has 1 aliphatic rings. The summed E-state index contributed by atoms with van der Waals surface area (Å²) in [6.45, 7) is 8.54. The first kappa shape index (κ1) is 24.2. The largest absolute Gasteiger partial charge is 0.380 e. The second-order valence-corrected chi connectivity index (χ2v) is 8.06. The molecule has 1 aliphatic heterocycles. The Bertz CT molecular complexity index is 1050. The van der Waals surface area contributed by atoms with Gasteiger partial charge in [0.25, 0.3) is 5.91 Å². The number of rotatable bonds is 8. The van der Waals surface area contributed by atoms with Gasteiger partial charge in [-0.1, -0.05) is 48.0 Å². The van der Waals surface area contributed by atoms with Crippen molar-refractivity contribution in [2.24, 2.45) is 4.99 Å². The van der Waals surface area contributed by atoms with E-state index in [1.54, 1.807) is 31.2 Å². The van der Waals surface area contributed by atoms with Crippen molar-refractivity contribution >= 4 is 35.7 Å². The molecule has 0 radical (unpaired) electrons. The molecule has 0 saturated carbocycles. The quantitative estimate of drug-likeness (QED) is 0.307. The lowest BCUT2D eigenvalue weighted by atomic mass is 10.1. The van der Waals surface area contributed by atoms with E-state index < -0.39 is 0 Å². The molecule has 7 nitrogen and oxygen atoms in total. The molecular formula is C25H28ClN5O2. The first-order valence-electron chi connectivity index (χ1n) is 10.6. The fourth-order valence-electron chi connectivity index (χ4n) is 3.29. The molecule has 172 valence electrons. The summed E-state index contributed by atoms with van der Waals surface area (Å²) in [4.78, 5) is 18.6. The van der Waals surface area contributed by atoms with Gasteiger partial charge in [-0.2, -0.15) is 0 Å². The number of anilines is 1. The van der Waals surface area contributed by atoms with E-state index in [4.69, 9.17) is 21.7 Å². The Kier molecular flexibility index (Phi) is 8.80. The summed E-state index contributed by atoms with van der Waals surface area (Å²) in [6.07, 6.45) is 3.23. The molecule has 0 aliphatic carbocycles. The predicted octanol–water partition coefficient (Wildman–Crippen LogP) is 4.37. The molecule has 0 spiro atoms. The molecule has 0 atom stereocenters. The minimum absolute atomic E-state index is 0.299. The number of para-hydroxylation sites is 1. The first-order valence-corrected chi connectivity index (χ1v) is 11.0. The number of halogens is 1. The van der Waals surface area contributed by atoms with Gasteiger partial charge in [0.15, 0.2) is 0 Å². The van der Waals surface area contributed by atoms with Crippen LogP contribution in [0.15, 0.2) is 76.5 Å². The second-order valence-electron chi connectivity index (χ2n) is 7.46. The van der Waals surface area contributed by atoms with Crippen LogP contribution in [0.4, 0.5) is 5.69 Å². The monoisotopic (exact) mass is 465 g/mol. The molecular weight excluding hydrogens is 438 g/mol. The summed E-state index contributed by atoms with van der Waals surface area (Å²) in [5.41, 5.74) is 3.11. The molecule has 2 aromatic rings. The maximum absolute atomic E-state index is 12.8. The number of aliphatic imine (C=N–C) groups is 1. The molecule has 1 heterocycles. The van der Waals surface area contributed by atoms with E-state index >= 15 is 0 Å². The van der Waals surface area contributed by atoms with E-state index in [1.807, 2.05) is 41.3 Å². The van der Waals surface area contributed by atoms with Gasteiger partial charge >= 0.3 is 0 Å². The van der Waals surface area contributed by atoms with Gasteiger partial charge in [-0.3, -0.25) is 10.2 Å². The van der Waals surface area contributed by atoms with Crippen molar-refractivity contribution in [3.63, 3.8) is 0 Å². The van der Waals surface area contributed by atoms with Crippen LogP contribution in [0.5, 0.6) is 0 Å². The molecule has 3 N–H and O–H groups in total. The van der Waals surface area contributed by atoms with Crippen LogP contribution in [0.3, 0.4) is 0 Å². The summed E-state index contributed by atoms with van der Waals surface area (Å²) < 4.78 is 5.36. The number of amides is 1. The number of hydrogen-bond donors (Lipinski definition) is 3. The number of amidine groups is 1. The molecule has 0 aromatic heterocycles. The predicted molar refractivity (Wildman–Crippen MR) is 134 cm³/mol. The minimum atomic E-state index is -0.299. The average Bonchev–Trinajstić information content (AvgIpc) is 2.85. The van der Waals surface area contributed by atoms with Crippen LogP contribution in [-0.2, 0) is 11.3 Å². The standard InChI is InChI=1S/C25H28ClN5O2/c1-18(26)7-12-23(28-2)30-25(32)21-5-3-4-6-22(21)29-17-19-8-10-20(11-9-19)24(27)31-13-15-33-16-14-31/h3-12,27,29H,2,13-17H2,1H3,(H,30,32)/b18-7+,23-12+,27-24?. The van der Waals surface area contributed by atoms with Gasteiger partial charge in [-0.05, 0) is 43.5 Å². The first-order chi connectivity index (χ1) is 16.0. The number of carbonyl (C=O) groups excluding carboxylic acids is 1. The third kappa shape index (κ3) is 7.03. The number of morpholine rings is 1. The summed E-state index contributed by atoms with van der Waals surface area (Å²) >= 11 is 5.84. The Hall–Kier alpha value is -3.42. The maximum Gasteiger partial charge on any atom is 0.258 e. The lowest BCUT2D eigenvalue weighted by Crippen LogP contribution is -2.40. The van der Waals surface area contributed by atoms with Crippen molar-refractivity contribution in [2.75, 3.05) is 31.6 Å². The van der Waals surface area contributed by atoms with Crippen molar-refractivity contribution in [1.82, 2.24) is 10.2 Å². The van der Waals surface area contributed by atoms with Gasteiger partial charge in [0, 0.05) is 35.9 Å². The zero-order chi connectivity index (χ0) is 23.6. The van der Waals surface area contributed by atoms with Gasteiger partial charge in [-0.15, -0.1) is 0 Å². The van der Waals surface area contributed by atoms with Crippen molar-refractivity contribution < 1.29 is 9.53 Å². The molecule has 3 rings (SSSR count). The molecule has 33 heavy (non-hydrogen) atoms. The highest BCUT2D eigenvalue weighted by atomic mass is 35.5. The van der Waals surface area contributed by atoms with Crippen LogP contribution in [0.2, 0.25) is 0 Å². The summed E-state index contributed by atoms with van der Waals surface area (Å²) in [6, 6.07) is 15.2. The Morgan fingerprint density at radius 3 is 2.55 bits per heavy atom. The van der Waals surface area contributed by atoms with Crippen LogP contribution in [-0.4, -0.2) is 49.7 Å². The molecule has 1 fully saturated rings. The summed E-state index contributed by atoms with van der Waals surface area (Å²) in [5.74, 6) is 0.526. The van der Waals surface area contributed by atoms with Crippen molar-refractivity contribution in [1.29, 1.82) is 5.41 Å². The molecule has 1 amide bonds. The van der Waals surface area contributed by atoms with Gasteiger partial charge in [0.05, 0.1) is 18.8 Å². The van der Waals surface area contributed by atoms with Crippen LogP contribution in [0, 0.1) is 5.41 Å². The van der Waals surface area contributed by atoms with Crippen molar-refractivity contribution in [2.45, 2.75) is 13.5 Å². The van der Waals surface area contributed by atoms with Crippen LogP contribution >= 0.6 is 11.6 Å². The summed E-state index contributed by atoms with van der Waals surface area (Å²) in [7, 11) is 0. The van der Waals surface area contributed by atoms with Gasteiger partial charge in [0.2, 0.25) is 0 Å². The smallest absolute Gasteiger partial charge is 0.258 e. The lowest BCUT2D eigenvalue weighted by Gasteiger charge is -2.29. The Morgan fingerprint density at radius 2 is 1.88 bits per heavy atom. The maximum atomic E-state index is 12.8. The lowest BCUT2D eigenvalue weighted by molar-refractivity contribution is 0.0680. The fourth-order valence-corrected chi connectivity index (χ4v) is 3.36. The topological polar surface area (TPSA) is 89.8 Å². The van der Waals surface area contributed by atoms with Crippen LogP contribution in [0.1, 0.15) is 28.4 Å². The third-order valence-electron chi connectivity index (χ3n) is 5.09. The van der Waals surface area contributed by atoms with Crippen molar-refractivity contribution in [3.8, 4) is 0 Å². The number of allylic oxidation sites excluding steroid dienone is 3. The molecule has 0 unspecified atom stereocenters. The Balaban J connectivity index is 1.64. The minimum Gasteiger partial charge on any atom is -0.380 e. The number of carbonyl (C=O) groups is 1. The molecule has 1 saturated heterocycles. The molecule has 0 bridgehead atoms. The highest BCUT2D eigenvalue weighted by Crippen LogP contribution is 2.18. The van der Waals surface area contributed by atoms with Crippen molar-refractivity contribution in [3.05, 3.63) is 88.2 Å². The SMILES string of the molecule is C=N/C(=C\C=C(/C)Cl)NC(=O)c1ccccc1NCc1ccc(C(=N)N2CCOCC2)cc1. The van der Waals surface area contributed by atoms with Gasteiger partial charge in [-0.25, -0.2) is 4.99 Å². The Morgan fingerprint density at radius 1 is 1.18 bits per heavy atom. The van der Waals surface area contributed by atoms with E-state index in [0.29, 0.717) is 47.7 Å². The zero-order valence-corrected chi connectivity index (χ0v) is 19.4. The fraction of sp³-hybridized carbons (Fsp3) is 0.240. The van der Waals surface area contributed by atoms with Gasteiger partial charge < -0.3 is 20.3 Å². The molecule has 2 aromatic carbocycles. The number of nitrogens with zero attached hydrogens (tertiary/aromatic N) is 2. The number of nitrogens with one attached hydrogen (secondary N) is 3. The number of benzene rings is 2. The Labute approximate surface area is 199 Å². The number of hydrogen-bond acceptors (Lipinski definition) is 5. The third-order valence-corrected chi connectivity index (χ3v) is 5.22. The summed E-state index contributed by atoms with van der Waals surface area (Å²) in [5, 5.41) is 15.0. The van der Waals surface area contributed by atoms with E-state index in [0.717, 1.165) is 24.2 Å². The van der Waals surface area contributed by atoms with E-state index in [2.05, 4.69) is 22.3 Å². The average molecular weight is 466 g/mol. The molecule has 8 heteroatoms. The highest BCUT2D eigenvalue weighted by Gasteiger charge is 2.15. The van der Waals surface area contributed by atoms with Crippen LogP contribution in [0.25, 0.3) is 0 Å². The van der Waals surface area contributed by atoms with E-state index in [1.165, 1.54) is 0 Å². The van der Waals surface area contributed by atoms with Gasteiger partial charge in [0.1, 0.15) is 11.7 Å². The number of ether oxygens (including phenoxy) is 1. The normalized spacial score (nSPS) is 14.5. The zero-order valence-electron chi connectivity index (χ0n) is 18.6.